The molecule has 0 aliphatic heterocycles. The second-order valence-electron chi connectivity index (χ2n) is 7.58. The zero-order chi connectivity index (χ0) is 23.9. The van der Waals surface area contributed by atoms with Gasteiger partial charge in [0.15, 0.2) is 14.6 Å². The van der Waals surface area contributed by atoms with E-state index in [1.54, 1.807) is 12.1 Å². The molecule has 0 bridgehead atoms. The van der Waals surface area contributed by atoms with Crippen LogP contribution in [0.1, 0.15) is 18.9 Å². The number of methoxy groups -OCH3 is 1. The number of nitrogens with zero attached hydrogens (tertiary/aromatic N) is 1. The fourth-order valence-corrected chi connectivity index (χ4v) is 3.86. The number of hydroxylamine groups is 1. The molecule has 174 valence electrons. The minimum absolute atomic E-state index is 0.0225. The third-order valence-corrected chi connectivity index (χ3v) is 7.48. The first-order valence-electron chi connectivity index (χ1n) is 9.82. The van der Waals surface area contributed by atoms with Crippen LogP contribution in [-0.2, 0) is 25.9 Å². The molecule has 0 saturated heterocycles. The molecule has 2 rings (SSSR count). The van der Waals surface area contributed by atoms with E-state index in [-0.39, 0.29) is 31.2 Å². The Hall–Kier alpha value is -2.79. The third-order valence-electron chi connectivity index (χ3n) is 5.46. The number of ether oxygens (including phenoxy) is 1. The minimum atomic E-state index is -3.84. The van der Waals surface area contributed by atoms with E-state index in [1.165, 1.54) is 36.3 Å². The lowest BCUT2D eigenvalue weighted by atomic mass is 10.0. The molecule has 2 aromatic rings. The molecule has 0 saturated carbocycles. The van der Waals surface area contributed by atoms with Crippen molar-refractivity contribution < 1.29 is 28.3 Å². The first-order chi connectivity index (χ1) is 15.1. The summed E-state index contributed by atoms with van der Waals surface area (Å²) in [7, 11) is -2.33. The molecule has 0 aliphatic carbocycles. The number of nitrogens with one attached hydrogen (secondary N) is 1. The number of rotatable bonds is 10. The van der Waals surface area contributed by atoms with Crippen molar-refractivity contribution in [3.63, 3.8) is 0 Å². The van der Waals surface area contributed by atoms with E-state index in [4.69, 9.17) is 15.1 Å². The molecule has 1 heterocycles. The normalized spacial score (nSPS) is 14.8. The number of benzene rings is 1. The summed E-state index contributed by atoms with van der Waals surface area (Å²) in [5.74, 6) is -1.05. The van der Waals surface area contributed by atoms with E-state index >= 15 is 0 Å². The smallest absolute Gasteiger partial charge is 0.264 e. The summed E-state index contributed by atoms with van der Waals surface area (Å²) in [4.78, 5) is 24.5. The van der Waals surface area contributed by atoms with Crippen molar-refractivity contribution in [3.05, 3.63) is 64.6 Å². The van der Waals surface area contributed by atoms with Crippen LogP contribution in [0.2, 0.25) is 0 Å². The van der Waals surface area contributed by atoms with Crippen LogP contribution in [0.5, 0.6) is 0 Å². The van der Waals surface area contributed by atoms with Crippen molar-refractivity contribution in [1.82, 2.24) is 10.0 Å². The number of aromatic nitrogens is 1. The Kier molecular flexibility index (Phi) is 8.51. The van der Waals surface area contributed by atoms with Gasteiger partial charge in [0, 0.05) is 32.2 Å². The molecular formula is C22H28N2O7S. The highest BCUT2D eigenvalue weighted by Gasteiger charge is 2.43. The van der Waals surface area contributed by atoms with Crippen LogP contribution in [0.25, 0.3) is 17.2 Å². The van der Waals surface area contributed by atoms with E-state index in [0.29, 0.717) is 5.56 Å². The average molecular weight is 465 g/mol. The maximum absolute atomic E-state index is 12.5. The minimum Gasteiger partial charge on any atom is -0.393 e. The van der Waals surface area contributed by atoms with Gasteiger partial charge in [-0.25, -0.2) is 13.9 Å². The molecule has 9 nitrogen and oxygen atoms in total. The number of sulfone groups is 1. The molecule has 1 aromatic heterocycles. The number of aryl methyl sites for hydroxylation is 1. The van der Waals surface area contributed by atoms with Gasteiger partial charge >= 0.3 is 0 Å². The third kappa shape index (κ3) is 5.92. The molecule has 2 atom stereocenters. The molecule has 1 aromatic carbocycles. The predicted molar refractivity (Wildman–Crippen MR) is 121 cm³/mol. The molecule has 0 aliphatic rings. The number of carbonyl (C=O) groups is 1. The van der Waals surface area contributed by atoms with E-state index in [2.05, 4.69) is 0 Å². The van der Waals surface area contributed by atoms with Crippen LogP contribution in [-0.4, -0.2) is 60.0 Å². The summed E-state index contributed by atoms with van der Waals surface area (Å²) in [6, 6.07) is 10.6. The highest BCUT2D eigenvalue weighted by molar-refractivity contribution is 7.92. The van der Waals surface area contributed by atoms with Gasteiger partial charge in [0.2, 0.25) is 0 Å². The number of pyridine rings is 1. The highest BCUT2D eigenvalue weighted by Crippen LogP contribution is 2.23. The van der Waals surface area contributed by atoms with Crippen LogP contribution >= 0.6 is 0 Å². The lowest BCUT2D eigenvalue weighted by Gasteiger charge is -2.25. The van der Waals surface area contributed by atoms with Gasteiger partial charge < -0.3 is 14.4 Å². The van der Waals surface area contributed by atoms with Crippen molar-refractivity contribution in [2.45, 2.75) is 30.7 Å². The van der Waals surface area contributed by atoms with Crippen LogP contribution < -0.4 is 11.0 Å². The van der Waals surface area contributed by atoms with Gasteiger partial charge in [0.05, 0.1) is 12.7 Å². The first kappa shape index (κ1) is 25.5. The lowest BCUT2D eigenvalue weighted by molar-refractivity contribution is -0.131. The quantitative estimate of drug-likeness (QED) is 0.356. The summed E-state index contributed by atoms with van der Waals surface area (Å²) >= 11 is 0. The van der Waals surface area contributed by atoms with Crippen LogP contribution in [0, 0.1) is 0 Å². The molecule has 0 fully saturated rings. The molecule has 10 heteroatoms. The number of aliphatic hydroxyl groups is 1. The van der Waals surface area contributed by atoms with Gasteiger partial charge in [-0.1, -0.05) is 36.4 Å². The zero-order valence-corrected chi connectivity index (χ0v) is 19.0. The first-order valence-corrected chi connectivity index (χ1v) is 11.7. The summed E-state index contributed by atoms with van der Waals surface area (Å²) in [5, 5.41) is 18.0. The Bertz CT molecular complexity index is 1120. The predicted octanol–water partition coefficient (Wildman–Crippen LogP) is 1.23. The fourth-order valence-electron chi connectivity index (χ4n) is 3.01. The van der Waals surface area contributed by atoms with E-state index in [9.17, 15) is 18.0 Å². The molecule has 3 N–H and O–H groups in total. The highest BCUT2D eigenvalue weighted by atomic mass is 32.2. The molecule has 0 spiro atoms. The molecule has 0 radical (unpaired) electrons. The summed E-state index contributed by atoms with van der Waals surface area (Å²) in [6.07, 6.45) is 5.46. The molecule has 32 heavy (non-hydrogen) atoms. The monoisotopic (exact) mass is 464 g/mol. The van der Waals surface area contributed by atoms with Gasteiger partial charge in [-0.3, -0.25) is 14.8 Å². The zero-order valence-electron chi connectivity index (χ0n) is 18.2. The number of aliphatic hydroxyl groups excluding tert-OH is 1. The fraction of sp³-hybridized carbons (Fsp3) is 0.364. The van der Waals surface area contributed by atoms with Crippen molar-refractivity contribution in [1.29, 1.82) is 0 Å². The Morgan fingerprint density at radius 2 is 1.91 bits per heavy atom. The number of hydrogen-bond donors (Lipinski definition) is 3. The molecule has 1 amide bonds. The second kappa shape index (κ2) is 10.7. The second-order valence-corrected chi connectivity index (χ2v) is 10.0. The van der Waals surface area contributed by atoms with E-state index in [1.807, 2.05) is 30.3 Å². The number of hydrogen-bond acceptors (Lipinski definition) is 7. The van der Waals surface area contributed by atoms with Gasteiger partial charge in [-0.2, -0.15) is 0 Å². The van der Waals surface area contributed by atoms with Crippen LogP contribution in [0.3, 0.4) is 0 Å². The Labute approximate surface area is 186 Å². The average Bonchev–Trinajstić information content (AvgIpc) is 2.77. The summed E-state index contributed by atoms with van der Waals surface area (Å²) in [6.45, 7) is 1.07. The van der Waals surface area contributed by atoms with Gasteiger partial charge in [-0.05, 0) is 36.1 Å². The topological polar surface area (TPSA) is 135 Å². The van der Waals surface area contributed by atoms with Crippen LogP contribution in [0.15, 0.2) is 53.5 Å². The largest absolute Gasteiger partial charge is 0.393 e. The molecule has 2 unspecified atom stereocenters. The van der Waals surface area contributed by atoms with Crippen molar-refractivity contribution in [3.8, 4) is 11.1 Å². The Morgan fingerprint density at radius 3 is 2.41 bits per heavy atom. The van der Waals surface area contributed by atoms with E-state index in [0.717, 1.165) is 17.4 Å². The maximum atomic E-state index is 12.5. The standard InChI is InChI=1S/C22H28N2O7S/c1-22(21(27)23-28,32(3,29)30)11-13-24-12-10-18(14-20(24)26)17-7-4-16(5-8-17)6-9-19(15-25)31-2/h4-10,12,14,19,25,28H,11,13,15H2,1-3H3,(H,23,27)/b9-6+. The van der Waals surface area contributed by atoms with Gasteiger partial charge in [-0.15, -0.1) is 0 Å². The maximum Gasteiger partial charge on any atom is 0.264 e. The molecular weight excluding hydrogens is 436 g/mol. The van der Waals surface area contributed by atoms with E-state index < -0.39 is 20.5 Å². The lowest BCUT2D eigenvalue weighted by Crippen LogP contribution is -2.49. The van der Waals surface area contributed by atoms with Gasteiger partial charge in [0.25, 0.3) is 11.5 Å². The SMILES string of the molecule is COC(/C=C/c1ccc(-c2ccn(CCC(C)(C(=O)NO)S(C)(=O)=O)c(=O)c2)cc1)CO. The van der Waals surface area contributed by atoms with Crippen LogP contribution in [0.4, 0.5) is 0 Å². The van der Waals surface area contributed by atoms with Crippen molar-refractivity contribution >= 4 is 21.8 Å². The van der Waals surface area contributed by atoms with Crippen molar-refractivity contribution in [2.24, 2.45) is 0 Å². The van der Waals surface area contributed by atoms with Crippen molar-refractivity contribution in [2.75, 3.05) is 20.0 Å². The summed E-state index contributed by atoms with van der Waals surface area (Å²) < 4.78 is 28.6. The van der Waals surface area contributed by atoms with Gasteiger partial charge in [0.1, 0.15) is 0 Å². The number of carbonyl (C=O) groups excluding carboxylic acids is 1. The Balaban J connectivity index is 2.18. The number of amides is 1. The Morgan fingerprint density at radius 1 is 1.25 bits per heavy atom. The summed E-state index contributed by atoms with van der Waals surface area (Å²) in [5.41, 5.74) is 3.45.